The summed E-state index contributed by atoms with van der Waals surface area (Å²) in [6.45, 7) is 4.59. The Bertz CT molecular complexity index is 961. The average Bonchev–Trinajstić information content (AvgIpc) is 2.88. The lowest BCUT2D eigenvalue weighted by Crippen LogP contribution is -2.41. The second-order valence-corrected chi connectivity index (χ2v) is 7.70. The van der Waals surface area contributed by atoms with Gasteiger partial charge in [0.15, 0.2) is 0 Å². The van der Waals surface area contributed by atoms with Gasteiger partial charge in [0.2, 0.25) is 0 Å². The van der Waals surface area contributed by atoms with Crippen molar-refractivity contribution < 1.29 is 23.9 Å². The lowest BCUT2D eigenvalue weighted by Gasteiger charge is -2.25. The minimum Gasteiger partial charge on any atom is -0.449 e. The first-order valence-corrected chi connectivity index (χ1v) is 11.1. The minimum atomic E-state index is -0.367. The zero-order valence-corrected chi connectivity index (χ0v) is 19.0. The van der Waals surface area contributed by atoms with E-state index in [0.717, 1.165) is 5.56 Å². The second kappa shape index (κ2) is 12.0. The molecule has 2 heterocycles. The van der Waals surface area contributed by atoms with Gasteiger partial charge >= 0.3 is 6.09 Å². The minimum absolute atomic E-state index is 0.0954. The third-order valence-electron chi connectivity index (χ3n) is 5.41. The third-order valence-corrected chi connectivity index (χ3v) is 5.41. The Hall–Kier alpha value is -3.46. The van der Waals surface area contributed by atoms with Crippen LogP contribution in [0.2, 0.25) is 0 Å². The molecular formula is C24H30N4O5. The Morgan fingerprint density at radius 2 is 1.85 bits per heavy atom. The maximum absolute atomic E-state index is 12.8. The summed E-state index contributed by atoms with van der Waals surface area (Å²) in [6, 6.07) is 13.0. The first kappa shape index (κ1) is 24.2. The molecule has 2 N–H and O–H groups in total. The van der Waals surface area contributed by atoms with Gasteiger partial charge in [-0.1, -0.05) is 37.3 Å². The summed E-state index contributed by atoms with van der Waals surface area (Å²) in [4.78, 5) is 43.1. The number of nitrogens with zero attached hydrogens (tertiary/aromatic N) is 2. The van der Waals surface area contributed by atoms with Crippen molar-refractivity contribution in [2.75, 3.05) is 46.5 Å². The van der Waals surface area contributed by atoms with Gasteiger partial charge in [0.05, 0.1) is 19.8 Å². The van der Waals surface area contributed by atoms with Gasteiger partial charge in [-0.15, -0.1) is 0 Å². The average molecular weight is 455 g/mol. The van der Waals surface area contributed by atoms with E-state index in [1.165, 1.54) is 13.1 Å². The van der Waals surface area contributed by atoms with Crippen molar-refractivity contribution in [3.8, 4) is 0 Å². The monoisotopic (exact) mass is 454 g/mol. The van der Waals surface area contributed by atoms with Crippen molar-refractivity contribution in [1.29, 1.82) is 0 Å². The van der Waals surface area contributed by atoms with E-state index in [4.69, 9.17) is 9.47 Å². The SMILES string of the molecule is CNC(=O)c1cc(C(=O)NCCCOC(=O)N2CCOCC2)cc(C(C)c2ccccc2)n1. The van der Waals surface area contributed by atoms with Crippen molar-refractivity contribution in [3.05, 3.63) is 65.0 Å². The molecule has 1 atom stereocenters. The van der Waals surface area contributed by atoms with Crippen LogP contribution in [0, 0.1) is 0 Å². The summed E-state index contributed by atoms with van der Waals surface area (Å²) in [5.74, 6) is -0.772. The van der Waals surface area contributed by atoms with Gasteiger partial charge in [0.25, 0.3) is 11.8 Å². The smallest absolute Gasteiger partial charge is 0.409 e. The van der Waals surface area contributed by atoms with Crippen molar-refractivity contribution in [3.63, 3.8) is 0 Å². The number of carbonyl (C=O) groups is 3. The molecule has 176 valence electrons. The van der Waals surface area contributed by atoms with E-state index in [1.807, 2.05) is 37.3 Å². The summed E-state index contributed by atoms with van der Waals surface area (Å²) in [5, 5.41) is 5.38. The molecule has 1 aromatic heterocycles. The van der Waals surface area contributed by atoms with Gasteiger partial charge in [0.1, 0.15) is 5.69 Å². The van der Waals surface area contributed by atoms with Crippen molar-refractivity contribution in [2.24, 2.45) is 0 Å². The highest BCUT2D eigenvalue weighted by molar-refractivity contribution is 5.98. The molecule has 1 aliphatic heterocycles. The first-order chi connectivity index (χ1) is 16.0. The fraction of sp³-hybridized carbons (Fsp3) is 0.417. The van der Waals surface area contributed by atoms with E-state index in [2.05, 4.69) is 15.6 Å². The number of hydrogen-bond donors (Lipinski definition) is 2. The van der Waals surface area contributed by atoms with E-state index < -0.39 is 0 Å². The highest BCUT2D eigenvalue weighted by Gasteiger charge is 2.19. The largest absolute Gasteiger partial charge is 0.449 e. The first-order valence-electron chi connectivity index (χ1n) is 11.1. The molecule has 9 nitrogen and oxygen atoms in total. The molecule has 1 aliphatic rings. The van der Waals surface area contributed by atoms with Crippen LogP contribution in [0.1, 0.15) is 51.4 Å². The third kappa shape index (κ3) is 6.76. The number of benzene rings is 1. The molecule has 9 heteroatoms. The molecule has 0 saturated carbocycles. The number of nitrogens with one attached hydrogen (secondary N) is 2. The van der Waals surface area contributed by atoms with Crippen LogP contribution < -0.4 is 10.6 Å². The molecule has 0 radical (unpaired) electrons. The maximum atomic E-state index is 12.8. The topological polar surface area (TPSA) is 110 Å². The second-order valence-electron chi connectivity index (χ2n) is 7.70. The lowest BCUT2D eigenvalue weighted by atomic mass is 9.96. The number of amides is 3. The van der Waals surface area contributed by atoms with E-state index >= 15 is 0 Å². The molecule has 0 bridgehead atoms. The predicted octanol–water partition coefficient (Wildman–Crippen LogP) is 2.18. The molecule has 3 amide bonds. The summed E-state index contributed by atoms with van der Waals surface area (Å²) < 4.78 is 10.5. The molecule has 3 rings (SSSR count). The number of ether oxygens (including phenoxy) is 2. The van der Waals surface area contributed by atoms with Crippen LogP contribution in [-0.2, 0) is 9.47 Å². The lowest BCUT2D eigenvalue weighted by molar-refractivity contribution is 0.0270. The van der Waals surface area contributed by atoms with Gasteiger partial charge in [-0.05, 0) is 24.1 Å². The van der Waals surface area contributed by atoms with Crippen LogP contribution in [0.25, 0.3) is 0 Å². The van der Waals surface area contributed by atoms with E-state index in [-0.39, 0.29) is 36.1 Å². The number of morpholine rings is 1. The molecule has 1 fully saturated rings. The van der Waals surface area contributed by atoms with E-state index in [0.29, 0.717) is 50.5 Å². The Labute approximate surface area is 193 Å². The van der Waals surface area contributed by atoms with Crippen molar-refractivity contribution in [1.82, 2.24) is 20.5 Å². The number of pyridine rings is 1. The van der Waals surface area contributed by atoms with Gasteiger partial charge < -0.3 is 25.0 Å². The summed E-state index contributed by atoms with van der Waals surface area (Å²) >= 11 is 0. The number of hydrogen-bond acceptors (Lipinski definition) is 6. The van der Waals surface area contributed by atoms with Crippen LogP contribution in [0.3, 0.4) is 0 Å². The standard InChI is InChI=1S/C24H30N4O5/c1-17(18-7-4-3-5-8-18)20-15-19(16-21(27-20)23(30)25-2)22(29)26-9-6-12-33-24(31)28-10-13-32-14-11-28/h3-5,7-8,15-17H,6,9-14H2,1-2H3,(H,25,30)(H,26,29). The van der Waals surface area contributed by atoms with Gasteiger partial charge in [-0.2, -0.15) is 0 Å². The zero-order chi connectivity index (χ0) is 23.6. The van der Waals surface area contributed by atoms with Crippen LogP contribution in [-0.4, -0.2) is 74.3 Å². The Morgan fingerprint density at radius 1 is 1.12 bits per heavy atom. The maximum Gasteiger partial charge on any atom is 0.409 e. The molecular weight excluding hydrogens is 424 g/mol. The molecule has 2 aromatic rings. The molecule has 1 aromatic carbocycles. The highest BCUT2D eigenvalue weighted by Crippen LogP contribution is 2.23. The van der Waals surface area contributed by atoms with Crippen LogP contribution >= 0.6 is 0 Å². The van der Waals surface area contributed by atoms with Crippen LogP contribution in [0.5, 0.6) is 0 Å². The number of aromatic nitrogens is 1. The van der Waals surface area contributed by atoms with Crippen LogP contribution in [0.15, 0.2) is 42.5 Å². The molecule has 0 aliphatic carbocycles. The normalized spacial score (nSPS) is 14.3. The summed E-state index contributed by atoms with van der Waals surface area (Å²) in [5.41, 5.74) is 2.20. The zero-order valence-electron chi connectivity index (χ0n) is 19.0. The molecule has 0 spiro atoms. The van der Waals surface area contributed by atoms with E-state index in [1.54, 1.807) is 11.0 Å². The fourth-order valence-electron chi connectivity index (χ4n) is 3.43. The molecule has 33 heavy (non-hydrogen) atoms. The van der Waals surface area contributed by atoms with Crippen LogP contribution in [0.4, 0.5) is 4.79 Å². The van der Waals surface area contributed by atoms with Gasteiger partial charge in [-0.3, -0.25) is 9.59 Å². The van der Waals surface area contributed by atoms with Crippen molar-refractivity contribution in [2.45, 2.75) is 19.3 Å². The summed E-state index contributed by atoms with van der Waals surface area (Å²) in [6.07, 6.45) is 0.108. The predicted molar refractivity (Wildman–Crippen MR) is 122 cm³/mol. The number of carbonyl (C=O) groups excluding carboxylic acids is 3. The number of rotatable bonds is 8. The Balaban J connectivity index is 1.59. The molecule has 1 unspecified atom stereocenters. The van der Waals surface area contributed by atoms with E-state index in [9.17, 15) is 14.4 Å². The molecule has 1 saturated heterocycles. The quantitative estimate of drug-likeness (QED) is 0.592. The van der Waals surface area contributed by atoms with Gasteiger partial charge in [-0.25, -0.2) is 9.78 Å². The fourth-order valence-corrected chi connectivity index (χ4v) is 3.43. The van der Waals surface area contributed by atoms with Gasteiger partial charge in [0, 0.05) is 43.9 Å². The summed E-state index contributed by atoms with van der Waals surface area (Å²) in [7, 11) is 1.52. The highest BCUT2D eigenvalue weighted by atomic mass is 16.6. The Kier molecular flexibility index (Phi) is 8.77. The Morgan fingerprint density at radius 3 is 2.55 bits per heavy atom. The van der Waals surface area contributed by atoms with Crippen molar-refractivity contribution >= 4 is 17.9 Å².